The molecule has 0 aromatic rings. The molecule has 7 heteroatoms. The molecule has 0 aromatic heterocycles. The first-order valence-electron chi connectivity index (χ1n) is 4.24. The van der Waals surface area contributed by atoms with Crippen LogP contribution in [0.5, 0.6) is 0 Å². The molecule has 1 rings (SSSR count). The summed E-state index contributed by atoms with van der Waals surface area (Å²) in [6, 6.07) is 0. The van der Waals surface area contributed by atoms with Gasteiger partial charge < -0.3 is 10.6 Å². The average molecular weight is 216 g/mol. The number of nitrogens with two attached hydrogens (primary N) is 1. The van der Waals surface area contributed by atoms with E-state index in [-0.39, 0.29) is 0 Å². The van der Waals surface area contributed by atoms with Gasteiger partial charge in [-0.3, -0.25) is 4.67 Å². The molecule has 0 aliphatic carbocycles. The Bertz CT molecular complexity index is 340. The van der Waals surface area contributed by atoms with E-state index in [0.717, 1.165) is 0 Å². The first-order valence-corrected chi connectivity index (χ1v) is 6.34. The Morgan fingerprint density at radius 3 is 2.21 bits per heavy atom. The van der Waals surface area contributed by atoms with E-state index in [2.05, 4.69) is 14.5 Å². The maximum atomic E-state index is 5.65. The predicted molar refractivity (Wildman–Crippen MR) is 61.7 cm³/mol. The molecule has 1 atom stereocenters. The predicted octanol–water partition coefficient (Wildman–Crippen LogP) is 0.455. The van der Waals surface area contributed by atoms with Crippen LogP contribution in [0.15, 0.2) is 14.5 Å². The summed E-state index contributed by atoms with van der Waals surface area (Å²) in [7, 11) is 5.83. The SMILES string of the molecule is CN(C)C1=NC(N)=NP(C)(N(C)C)=N1. The maximum absolute atomic E-state index is 5.65. The third-order valence-electron chi connectivity index (χ3n) is 1.94. The molecule has 0 saturated heterocycles. The highest BCUT2D eigenvalue weighted by atomic mass is 31.2. The smallest absolute Gasteiger partial charge is 0.229 e. The Hall–Kier alpha value is -0.870. The highest BCUT2D eigenvalue weighted by Crippen LogP contribution is 2.50. The summed E-state index contributed by atoms with van der Waals surface area (Å²) in [5, 5.41) is 0. The molecule has 0 saturated carbocycles. The first-order chi connectivity index (χ1) is 6.35. The molecular weight excluding hydrogens is 199 g/mol. The lowest BCUT2D eigenvalue weighted by Gasteiger charge is -2.26. The van der Waals surface area contributed by atoms with E-state index in [1.807, 2.05) is 44.4 Å². The topological polar surface area (TPSA) is 69.6 Å². The van der Waals surface area contributed by atoms with Crippen molar-refractivity contribution < 1.29 is 0 Å². The molecule has 1 heterocycles. The number of guanidine groups is 2. The molecule has 0 aromatic carbocycles. The van der Waals surface area contributed by atoms with Gasteiger partial charge in [-0.25, -0.2) is 0 Å². The monoisotopic (exact) mass is 216 g/mol. The fourth-order valence-electron chi connectivity index (χ4n) is 0.901. The van der Waals surface area contributed by atoms with Crippen molar-refractivity contribution in [3.8, 4) is 0 Å². The van der Waals surface area contributed by atoms with Crippen LogP contribution in [0, 0.1) is 0 Å². The standard InChI is InChI=1S/C7H17N6P/c1-12(2)7-9-6(8)10-14(5,11-7)13(3)4/h1-5H3,(H2,8,10). The minimum atomic E-state index is -1.85. The normalized spacial score (nSPS) is 26.7. The molecule has 1 aliphatic heterocycles. The number of nitrogens with zero attached hydrogens (tertiary/aromatic N) is 5. The van der Waals surface area contributed by atoms with Gasteiger partial charge in [0.15, 0.2) is 0 Å². The molecule has 0 bridgehead atoms. The molecule has 0 spiro atoms. The van der Waals surface area contributed by atoms with E-state index in [1.54, 1.807) is 0 Å². The summed E-state index contributed by atoms with van der Waals surface area (Å²) in [5.74, 6) is 0.954. The number of hydrogen-bond acceptors (Lipinski definition) is 6. The second-order valence-corrected chi connectivity index (χ2v) is 6.52. The molecule has 14 heavy (non-hydrogen) atoms. The Morgan fingerprint density at radius 2 is 1.79 bits per heavy atom. The summed E-state index contributed by atoms with van der Waals surface area (Å²) in [6.45, 7) is 2.00. The summed E-state index contributed by atoms with van der Waals surface area (Å²) in [4.78, 5) is 5.90. The second kappa shape index (κ2) is 3.71. The summed E-state index contributed by atoms with van der Waals surface area (Å²) >= 11 is 0. The molecule has 80 valence electrons. The Balaban J connectivity index is 3.19. The largest absolute Gasteiger partial charge is 0.368 e. The van der Waals surface area contributed by atoms with Gasteiger partial charge >= 0.3 is 0 Å². The van der Waals surface area contributed by atoms with Gasteiger partial charge in [-0.15, -0.1) is 0 Å². The van der Waals surface area contributed by atoms with E-state index in [0.29, 0.717) is 11.9 Å². The van der Waals surface area contributed by atoms with Crippen LogP contribution in [-0.2, 0) is 0 Å². The van der Waals surface area contributed by atoms with Crippen LogP contribution in [0.1, 0.15) is 0 Å². The Kier molecular flexibility index (Phi) is 2.97. The molecule has 2 N–H and O–H groups in total. The Labute approximate surface area is 84.7 Å². The van der Waals surface area contributed by atoms with Crippen molar-refractivity contribution in [2.45, 2.75) is 0 Å². The minimum Gasteiger partial charge on any atom is -0.368 e. The molecule has 0 fully saturated rings. The van der Waals surface area contributed by atoms with Gasteiger partial charge in [0.2, 0.25) is 11.9 Å². The van der Waals surface area contributed by atoms with Gasteiger partial charge in [-0.05, 0) is 14.1 Å². The highest BCUT2D eigenvalue weighted by Gasteiger charge is 2.21. The number of hydrogen-bond donors (Lipinski definition) is 1. The third-order valence-corrected chi connectivity index (χ3v) is 4.60. The van der Waals surface area contributed by atoms with E-state index in [4.69, 9.17) is 5.73 Å². The van der Waals surface area contributed by atoms with Gasteiger partial charge in [0, 0.05) is 20.8 Å². The fraction of sp³-hybridized carbons (Fsp3) is 0.714. The highest BCUT2D eigenvalue weighted by molar-refractivity contribution is 7.62. The Morgan fingerprint density at radius 1 is 1.21 bits per heavy atom. The van der Waals surface area contributed by atoms with E-state index in [9.17, 15) is 0 Å². The quantitative estimate of drug-likeness (QED) is 0.647. The van der Waals surface area contributed by atoms with Gasteiger partial charge in [-0.2, -0.15) is 14.5 Å². The lowest BCUT2D eigenvalue weighted by atomic mass is 10.8. The van der Waals surface area contributed by atoms with Crippen LogP contribution in [0.2, 0.25) is 0 Å². The molecule has 1 aliphatic rings. The van der Waals surface area contributed by atoms with Crippen LogP contribution in [0.3, 0.4) is 0 Å². The van der Waals surface area contributed by atoms with Gasteiger partial charge in [0.25, 0.3) is 0 Å². The molecule has 1 unspecified atom stereocenters. The van der Waals surface area contributed by atoms with Crippen LogP contribution in [0.25, 0.3) is 0 Å². The first kappa shape index (κ1) is 11.2. The van der Waals surface area contributed by atoms with Crippen LogP contribution >= 0.6 is 7.36 Å². The average Bonchev–Trinajstić information content (AvgIpc) is 2.02. The van der Waals surface area contributed by atoms with E-state index < -0.39 is 7.36 Å². The molecular formula is C7H17N6P. The van der Waals surface area contributed by atoms with Crippen molar-refractivity contribution in [1.82, 2.24) is 9.57 Å². The summed E-state index contributed by atoms with van der Waals surface area (Å²) < 4.78 is 10.8. The zero-order valence-corrected chi connectivity index (χ0v) is 10.2. The van der Waals surface area contributed by atoms with Crippen molar-refractivity contribution in [1.29, 1.82) is 0 Å². The minimum absolute atomic E-state index is 0.313. The van der Waals surface area contributed by atoms with Crippen molar-refractivity contribution in [2.24, 2.45) is 20.2 Å². The second-order valence-electron chi connectivity index (χ2n) is 3.58. The summed E-state index contributed by atoms with van der Waals surface area (Å²) in [6.07, 6.45) is 0. The molecule has 0 radical (unpaired) electrons. The zero-order chi connectivity index (χ0) is 10.9. The summed E-state index contributed by atoms with van der Waals surface area (Å²) in [5.41, 5.74) is 5.65. The lowest BCUT2D eigenvalue weighted by molar-refractivity contribution is 0.612. The van der Waals surface area contributed by atoms with Crippen LogP contribution in [-0.4, -0.2) is 56.3 Å². The van der Waals surface area contributed by atoms with Crippen LogP contribution in [0.4, 0.5) is 0 Å². The van der Waals surface area contributed by atoms with Crippen molar-refractivity contribution in [3.63, 3.8) is 0 Å². The third kappa shape index (κ3) is 2.13. The number of rotatable bonds is 1. The van der Waals surface area contributed by atoms with Crippen molar-refractivity contribution >= 4 is 19.3 Å². The fourth-order valence-corrected chi connectivity index (χ4v) is 2.30. The van der Waals surface area contributed by atoms with Crippen molar-refractivity contribution in [2.75, 3.05) is 34.9 Å². The lowest BCUT2D eigenvalue weighted by Crippen LogP contribution is -2.27. The molecule has 6 nitrogen and oxygen atoms in total. The molecule has 0 amide bonds. The van der Waals surface area contributed by atoms with Gasteiger partial charge in [-0.1, -0.05) is 0 Å². The van der Waals surface area contributed by atoms with Gasteiger partial charge in [0.1, 0.15) is 7.36 Å². The number of aliphatic imine (C=N–C) groups is 1. The van der Waals surface area contributed by atoms with Crippen molar-refractivity contribution in [3.05, 3.63) is 0 Å². The van der Waals surface area contributed by atoms with E-state index in [1.165, 1.54) is 0 Å². The van der Waals surface area contributed by atoms with Crippen LogP contribution < -0.4 is 5.73 Å². The van der Waals surface area contributed by atoms with Gasteiger partial charge in [0.05, 0.1) is 0 Å². The van der Waals surface area contributed by atoms with E-state index >= 15 is 0 Å². The zero-order valence-electron chi connectivity index (χ0n) is 9.26. The maximum Gasteiger partial charge on any atom is 0.229 e.